The molecule has 1 unspecified atom stereocenters. The Labute approximate surface area is 173 Å². The summed E-state index contributed by atoms with van der Waals surface area (Å²) in [6.07, 6.45) is 2.56. The second kappa shape index (κ2) is 10.5. The SMILES string of the molecule is CN=C(NCC1CCCN(Cc2cccs2)C1)N(C)Cc1ccc(OC)cc1. The number of rotatable bonds is 7. The summed E-state index contributed by atoms with van der Waals surface area (Å²) < 4.78 is 5.24. The molecule has 1 N–H and O–H groups in total. The zero-order valence-electron chi connectivity index (χ0n) is 17.2. The van der Waals surface area contributed by atoms with Crippen LogP contribution in [-0.2, 0) is 13.1 Å². The monoisotopic (exact) mass is 400 g/mol. The average molecular weight is 401 g/mol. The largest absolute Gasteiger partial charge is 0.497 e. The van der Waals surface area contributed by atoms with Gasteiger partial charge < -0.3 is 15.0 Å². The first-order chi connectivity index (χ1) is 13.7. The molecule has 0 bridgehead atoms. The number of piperidine rings is 1. The van der Waals surface area contributed by atoms with E-state index in [0.717, 1.165) is 37.9 Å². The van der Waals surface area contributed by atoms with Crippen LogP contribution in [0, 0.1) is 5.92 Å². The third kappa shape index (κ3) is 5.97. The molecule has 1 aromatic heterocycles. The summed E-state index contributed by atoms with van der Waals surface area (Å²) in [5.74, 6) is 2.50. The highest BCUT2D eigenvalue weighted by molar-refractivity contribution is 7.09. The van der Waals surface area contributed by atoms with Gasteiger partial charge >= 0.3 is 0 Å². The van der Waals surface area contributed by atoms with Gasteiger partial charge in [-0.2, -0.15) is 0 Å². The van der Waals surface area contributed by atoms with Gasteiger partial charge in [-0.1, -0.05) is 18.2 Å². The zero-order valence-corrected chi connectivity index (χ0v) is 18.0. The molecule has 0 amide bonds. The number of hydrogen-bond acceptors (Lipinski definition) is 4. The van der Waals surface area contributed by atoms with E-state index in [1.165, 1.54) is 29.8 Å². The molecular weight excluding hydrogens is 368 g/mol. The van der Waals surface area contributed by atoms with Gasteiger partial charge in [0.25, 0.3) is 0 Å². The topological polar surface area (TPSA) is 40.1 Å². The van der Waals surface area contributed by atoms with Crippen molar-refractivity contribution >= 4 is 17.3 Å². The molecule has 0 aliphatic carbocycles. The van der Waals surface area contributed by atoms with Crippen LogP contribution in [0.5, 0.6) is 5.75 Å². The number of hydrogen-bond donors (Lipinski definition) is 1. The number of methoxy groups -OCH3 is 1. The Hall–Kier alpha value is -2.05. The van der Waals surface area contributed by atoms with E-state index in [1.54, 1.807) is 7.11 Å². The Bertz CT molecular complexity index is 730. The number of likely N-dealkylation sites (tertiary alicyclic amines) is 1. The van der Waals surface area contributed by atoms with Crippen LogP contribution in [0.3, 0.4) is 0 Å². The van der Waals surface area contributed by atoms with Crippen molar-refractivity contribution in [2.45, 2.75) is 25.9 Å². The highest BCUT2D eigenvalue weighted by Crippen LogP contribution is 2.20. The summed E-state index contributed by atoms with van der Waals surface area (Å²) in [6, 6.07) is 12.6. The zero-order chi connectivity index (χ0) is 19.8. The molecule has 1 fully saturated rings. The lowest BCUT2D eigenvalue weighted by molar-refractivity contribution is 0.169. The maximum absolute atomic E-state index is 5.24. The molecule has 0 spiro atoms. The first kappa shape index (κ1) is 20.7. The van der Waals surface area contributed by atoms with Crippen LogP contribution in [0.2, 0.25) is 0 Å². The van der Waals surface area contributed by atoms with Crippen LogP contribution in [0.25, 0.3) is 0 Å². The fourth-order valence-electron chi connectivity index (χ4n) is 3.78. The summed E-state index contributed by atoms with van der Waals surface area (Å²) in [6.45, 7) is 5.24. The van der Waals surface area contributed by atoms with E-state index >= 15 is 0 Å². The Kier molecular flexibility index (Phi) is 7.74. The van der Waals surface area contributed by atoms with Crippen LogP contribution < -0.4 is 10.1 Å². The molecule has 6 heteroatoms. The third-order valence-corrected chi connectivity index (χ3v) is 6.12. The smallest absolute Gasteiger partial charge is 0.193 e. The predicted molar refractivity (Wildman–Crippen MR) is 118 cm³/mol. The highest BCUT2D eigenvalue weighted by Gasteiger charge is 2.21. The van der Waals surface area contributed by atoms with Gasteiger partial charge in [0, 0.05) is 45.2 Å². The van der Waals surface area contributed by atoms with Crippen molar-refractivity contribution in [3.05, 3.63) is 52.2 Å². The molecule has 0 radical (unpaired) electrons. The van der Waals surface area contributed by atoms with Gasteiger partial charge in [-0.15, -0.1) is 11.3 Å². The number of guanidine groups is 1. The first-order valence-electron chi connectivity index (χ1n) is 9.97. The van der Waals surface area contributed by atoms with Crippen molar-refractivity contribution in [3.63, 3.8) is 0 Å². The number of nitrogens with zero attached hydrogens (tertiary/aromatic N) is 3. The van der Waals surface area contributed by atoms with Crippen molar-refractivity contribution < 1.29 is 4.74 Å². The maximum atomic E-state index is 5.24. The molecule has 1 aliphatic rings. The molecule has 2 aromatic rings. The second-order valence-electron chi connectivity index (χ2n) is 7.45. The van der Waals surface area contributed by atoms with E-state index in [4.69, 9.17) is 4.74 Å². The molecule has 3 rings (SSSR count). The van der Waals surface area contributed by atoms with Crippen LogP contribution in [-0.4, -0.2) is 56.6 Å². The summed E-state index contributed by atoms with van der Waals surface area (Å²) in [5, 5.41) is 5.76. The summed E-state index contributed by atoms with van der Waals surface area (Å²) in [5.41, 5.74) is 1.24. The van der Waals surface area contributed by atoms with Crippen molar-refractivity contribution in [3.8, 4) is 5.75 Å². The number of benzene rings is 1. The lowest BCUT2D eigenvalue weighted by Gasteiger charge is -2.33. The first-order valence-corrected chi connectivity index (χ1v) is 10.9. The standard InChI is InChI=1S/C22H32N4OS/c1-23-22(25(2)15-18-8-10-20(27-3)11-9-18)24-14-19-6-4-12-26(16-19)17-21-7-5-13-28-21/h5,7-11,13,19H,4,6,12,14-17H2,1-3H3,(H,23,24). The van der Waals surface area contributed by atoms with Crippen LogP contribution in [0.1, 0.15) is 23.3 Å². The summed E-state index contributed by atoms with van der Waals surface area (Å²) in [4.78, 5) is 10.7. The van der Waals surface area contributed by atoms with Gasteiger partial charge in [-0.3, -0.25) is 9.89 Å². The van der Waals surface area contributed by atoms with E-state index in [0.29, 0.717) is 5.92 Å². The van der Waals surface area contributed by atoms with Gasteiger partial charge in [0.15, 0.2) is 5.96 Å². The van der Waals surface area contributed by atoms with Gasteiger partial charge in [0.05, 0.1) is 7.11 Å². The normalized spacial score (nSPS) is 18.1. The number of aliphatic imine (C=N–C) groups is 1. The van der Waals surface area contributed by atoms with Crippen molar-refractivity contribution in [1.29, 1.82) is 0 Å². The number of thiophene rings is 1. The minimum Gasteiger partial charge on any atom is -0.497 e. The average Bonchev–Trinajstić information content (AvgIpc) is 3.22. The van der Waals surface area contributed by atoms with Crippen molar-refractivity contribution in [2.75, 3.05) is 40.8 Å². The summed E-state index contributed by atoms with van der Waals surface area (Å²) in [7, 11) is 5.64. The van der Waals surface area contributed by atoms with Gasteiger partial charge in [0.2, 0.25) is 0 Å². The maximum Gasteiger partial charge on any atom is 0.193 e. The fraction of sp³-hybridized carbons (Fsp3) is 0.500. The third-order valence-electron chi connectivity index (χ3n) is 5.26. The predicted octanol–water partition coefficient (Wildman–Crippen LogP) is 3.68. The summed E-state index contributed by atoms with van der Waals surface area (Å²) >= 11 is 1.86. The molecule has 1 aliphatic heterocycles. The van der Waals surface area contributed by atoms with E-state index in [-0.39, 0.29) is 0 Å². The molecule has 1 saturated heterocycles. The molecular formula is C22H32N4OS. The minimum absolute atomic E-state index is 0.667. The van der Waals surface area contributed by atoms with Gasteiger partial charge in [-0.25, -0.2) is 0 Å². The number of ether oxygens (including phenoxy) is 1. The van der Waals surface area contributed by atoms with Gasteiger partial charge in [-0.05, 0) is 54.4 Å². The molecule has 1 atom stereocenters. The van der Waals surface area contributed by atoms with E-state index in [2.05, 4.69) is 56.8 Å². The lowest BCUT2D eigenvalue weighted by Crippen LogP contribution is -2.44. The molecule has 152 valence electrons. The molecule has 0 saturated carbocycles. The Balaban J connectivity index is 1.47. The second-order valence-corrected chi connectivity index (χ2v) is 8.49. The van der Waals surface area contributed by atoms with Crippen LogP contribution in [0.15, 0.2) is 46.8 Å². The molecule has 5 nitrogen and oxygen atoms in total. The van der Waals surface area contributed by atoms with E-state index < -0.39 is 0 Å². The highest BCUT2D eigenvalue weighted by atomic mass is 32.1. The van der Waals surface area contributed by atoms with Crippen molar-refractivity contribution in [1.82, 2.24) is 15.1 Å². The quantitative estimate of drug-likeness (QED) is 0.569. The fourth-order valence-corrected chi connectivity index (χ4v) is 4.53. The lowest BCUT2D eigenvalue weighted by atomic mass is 9.98. The molecule has 1 aromatic carbocycles. The van der Waals surface area contributed by atoms with E-state index in [1.807, 2.05) is 30.5 Å². The molecule has 2 heterocycles. The Morgan fingerprint density at radius 1 is 1.32 bits per heavy atom. The van der Waals surface area contributed by atoms with Crippen LogP contribution in [0.4, 0.5) is 0 Å². The minimum atomic E-state index is 0.667. The van der Waals surface area contributed by atoms with Crippen molar-refractivity contribution in [2.24, 2.45) is 10.9 Å². The molecule has 28 heavy (non-hydrogen) atoms. The Morgan fingerprint density at radius 3 is 2.82 bits per heavy atom. The van der Waals surface area contributed by atoms with Crippen LogP contribution >= 0.6 is 11.3 Å². The van der Waals surface area contributed by atoms with E-state index in [9.17, 15) is 0 Å². The Morgan fingerprint density at radius 2 is 2.14 bits per heavy atom. The van der Waals surface area contributed by atoms with Gasteiger partial charge in [0.1, 0.15) is 5.75 Å². The number of nitrogens with one attached hydrogen (secondary N) is 1.